The lowest BCUT2D eigenvalue weighted by atomic mass is 10.0. The molecular formula is C13H21NO2. The minimum absolute atomic E-state index is 0.165. The van der Waals surface area contributed by atoms with Gasteiger partial charge in [0, 0.05) is 6.54 Å². The summed E-state index contributed by atoms with van der Waals surface area (Å²) in [7, 11) is 0. The summed E-state index contributed by atoms with van der Waals surface area (Å²) < 4.78 is 5.42. The van der Waals surface area contributed by atoms with Gasteiger partial charge in [-0.25, -0.2) is 4.79 Å². The van der Waals surface area contributed by atoms with Gasteiger partial charge in [0.05, 0.1) is 6.04 Å². The highest BCUT2D eigenvalue weighted by Gasteiger charge is 2.46. The van der Waals surface area contributed by atoms with Crippen LogP contribution in [0.15, 0.2) is 12.7 Å². The average Bonchev–Trinajstić information content (AvgIpc) is 2.90. The number of carbonyl (C=O) groups excluding carboxylic acids is 1. The Morgan fingerprint density at radius 3 is 2.62 bits per heavy atom. The van der Waals surface area contributed by atoms with E-state index in [9.17, 15) is 4.79 Å². The Kier molecular flexibility index (Phi) is 2.72. The van der Waals surface area contributed by atoms with Crippen molar-refractivity contribution in [1.29, 1.82) is 0 Å². The number of nitrogens with zero attached hydrogens (tertiary/aromatic N) is 1. The van der Waals surface area contributed by atoms with E-state index in [0.29, 0.717) is 5.92 Å². The number of hydrogen-bond donors (Lipinski definition) is 0. The molecule has 1 aliphatic carbocycles. The second-order valence-electron chi connectivity index (χ2n) is 5.93. The normalized spacial score (nSPS) is 32.9. The molecule has 1 saturated heterocycles. The van der Waals surface area contributed by atoms with Crippen LogP contribution in [0, 0.1) is 11.8 Å². The minimum Gasteiger partial charge on any atom is -0.444 e. The summed E-state index contributed by atoms with van der Waals surface area (Å²) >= 11 is 0. The quantitative estimate of drug-likeness (QED) is 0.640. The molecule has 0 aromatic rings. The topological polar surface area (TPSA) is 29.5 Å². The maximum atomic E-state index is 12.0. The molecular weight excluding hydrogens is 202 g/mol. The van der Waals surface area contributed by atoms with Gasteiger partial charge in [-0.15, -0.1) is 6.58 Å². The van der Waals surface area contributed by atoms with E-state index in [1.165, 1.54) is 6.42 Å². The lowest BCUT2D eigenvalue weighted by Crippen LogP contribution is -2.46. The van der Waals surface area contributed by atoms with Crippen LogP contribution >= 0.6 is 0 Å². The van der Waals surface area contributed by atoms with E-state index >= 15 is 0 Å². The fourth-order valence-corrected chi connectivity index (χ4v) is 2.40. The molecule has 90 valence electrons. The summed E-state index contributed by atoms with van der Waals surface area (Å²) in [5.41, 5.74) is -0.413. The van der Waals surface area contributed by atoms with Crippen molar-refractivity contribution in [2.24, 2.45) is 11.8 Å². The van der Waals surface area contributed by atoms with Crippen LogP contribution in [-0.2, 0) is 4.74 Å². The van der Waals surface area contributed by atoms with E-state index in [4.69, 9.17) is 4.74 Å². The highest BCUT2D eigenvalue weighted by atomic mass is 16.6. The van der Waals surface area contributed by atoms with Gasteiger partial charge in [-0.05, 0) is 45.4 Å². The molecule has 1 saturated carbocycles. The summed E-state index contributed by atoms with van der Waals surface area (Å²) in [6, 6.07) is 0.165. The second kappa shape index (κ2) is 3.79. The lowest BCUT2D eigenvalue weighted by molar-refractivity contribution is 0.0139. The van der Waals surface area contributed by atoms with Crippen LogP contribution in [0.25, 0.3) is 0 Å². The largest absolute Gasteiger partial charge is 0.444 e. The molecule has 0 unspecified atom stereocenters. The zero-order valence-electron chi connectivity index (χ0n) is 10.4. The first-order chi connectivity index (χ1) is 7.40. The number of ether oxygens (including phenoxy) is 1. The summed E-state index contributed by atoms with van der Waals surface area (Å²) in [5, 5.41) is 0. The van der Waals surface area contributed by atoms with Crippen molar-refractivity contribution in [1.82, 2.24) is 4.90 Å². The van der Waals surface area contributed by atoms with Crippen LogP contribution in [0.5, 0.6) is 0 Å². The molecule has 0 bridgehead atoms. The summed E-state index contributed by atoms with van der Waals surface area (Å²) in [6.07, 6.45) is 4.01. The number of fused-ring (bicyclic) bond motifs is 1. The van der Waals surface area contributed by atoms with Gasteiger partial charge in [-0.2, -0.15) is 0 Å². The lowest BCUT2D eigenvalue weighted by Gasteiger charge is -2.34. The summed E-state index contributed by atoms with van der Waals surface area (Å²) in [4.78, 5) is 13.8. The Labute approximate surface area is 97.5 Å². The first-order valence-electron chi connectivity index (χ1n) is 6.03. The summed E-state index contributed by atoms with van der Waals surface area (Å²) in [6.45, 7) is 10.4. The van der Waals surface area contributed by atoms with Crippen molar-refractivity contribution in [3.8, 4) is 0 Å². The Balaban J connectivity index is 2.00. The van der Waals surface area contributed by atoms with E-state index in [0.717, 1.165) is 18.9 Å². The number of carbonyl (C=O) groups is 1. The van der Waals surface area contributed by atoms with Crippen molar-refractivity contribution in [2.45, 2.75) is 45.3 Å². The van der Waals surface area contributed by atoms with Gasteiger partial charge in [-0.1, -0.05) is 6.08 Å². The summed E-state index contributed by atoms with van der Waals surface area (Å²) in [5.74, 6) is 1.53. The van der Waals surface area contributed by atoms with Crippen LogP contribution in [0.1, 0.15) is 33.6 Å². The van der Waals surface area contributed by atoms with Crippen LogP contribution in [0.4, 0.5) is 4.79 Å². The molecule has 3 heteroatoms. The third-order valence-corrected chi connectivity index (χ3v) is 3.34. The van der Waals surface area contributed by atoms with Crippen molar-refractivity contribution in [2.75, 3.05) is 6.54 Å². The van der Waals surface area contributed by atoms with Crippen LogP contribution in [0.2, 0.25) is 0 Å². The highest BCUT2D eigenvalue weighted by Crippen LogP contribution is 2.47. The molecule has 0 N–H and O–H groups in total. The molecule has 2 rings (SSSR count). The first-order valence-corrected chi connectivity index (χ1v) is 6.03. The molecule has 2 aliphatic rings. The maximum Gasteiger partial charge on any atom is 0.410 e. The third kappa shape index (κ3) is 2.39. The monoisotopic (exact) mass is 223 g/mol. The SMILES string of the molecule is C=C[C@@H]1C[C@H]2C[C@H]2CN1C(=O)OC(C)(C)C. The molecule has 1 aliphatic heterocycles. The van der Waals surface area contributed by atoms with Gasteiger partial charge in [0.1, 0.15) is 5.60 Å². The van der Waals surface area contributed by atoms with Crippen molar-refractivity contribution < 1.29 is 9.53 Å². The Bertz CT molecular complexity index is 306. The van der Waals surface area contributed by atoms with Crippen LogP contribution in [-0.4, -0.2) is 29.2 Å². The standard InChI is InChI=1S/C13H21NO2/c1-5-11-7-9-6-10(9)8-14(11)12(15)16-13(2,3)4/h5,9-11H,1,6-8H2,2-4H3/t9-,10+,11-/m1/s1. The van der Waals surface area contributed by atoms with E-state index in [1.807, 2.05) is 31.7 Å². The van der Waals surface area contributed by atoms with Gasteiger partial charge < -0.3 is 9.64 Å². The molecule has 16 heavy (non-hydrogen) atoms. The first kappa shape index (κ1) is 11.5. The molecule has 0 spiro atoms. The minimum atomic E-state index is -0.413. The zero-order chi connectivity index (χ0) is 11.9. The fourth-order valence-electron chi connectivity index (χ4n) is 2.40. The van der Waals surface area contributed by atoms with Gasteiger partial charge in [0.15, 0.2) is 0 Å². The molecule has 1 heterocycles. The average molecular weight is 223 g/mol. The predicted octanol–water partition coefficient (Wildman–Crippen LogP) is 2.82. The Morgan fingerprint density at radius 1 is 1.38 bits per heavy atom. The van der Waals surface area contributed by atoms with Crippen LogP contribution in [0.3, 0.4) is 0 Å². The molecule has 3 atom stereocenters. The van der Waals surface area contributed by atoms with E-state index in [1.54, 1.807) is 0 Å². The van der Waals surface area contributed by atoms with Crippen LogP contribution < -0.4 is 0 Å². The fraction of sp³-hybridized carbons (Fsp3) is 0.769. The molecule has 2 fully saturated rings. The third-order valence-electron chi connectivity index (χ3n) is 3.34. The van der Waals surface area contributed by atoms with Crippen molar-refractivity contribution in [3.05, 3.63) is 12.7 Å². The number of rotatable bonds is 1. The molecule has 1 amide bonds. The molecule has 0 aromatic carbocycles. The molecule has 0 radical (unpaired) electrons. The van der Waals surface area contributed by atoms with Crippen molar-refractivity contribution >= 4 is 6.09 Å². The number of likely N-dealkylation sites (tertiary alicyclic amines) is 1. The number of piperidine rings is 1. The highest BCUT2D eigenvalue weighted by molar-refractivity contribution is 5.69. The van der Waals surface area contributed by atoms with Gasteiger partial charge in [-0.3, -0.25) is 0 Å². The number of amides is 1. The molecule has 3 nitrogen and oxygen atoms in total. The van der Waals surface area contributed by atoms with Gasteiger partial charge >= 0.3 is 6.09 Å². The number of hydrogen-bond acceptors (Lipinski definition) is 2. The van der Waals surface area contributed by atoms with Gasteiger partial charge in [0.2, 0.25) is 0 Å². The predicted molar refractivity (Wildman–Crippen MR) is 63.1 cm³/mol. The zero-order valence-corrected chi connectivity index (χ0v) is 10.4. The second-order valence-corrected chi connectivity index (χ2v) is 5.93. The Hall–Kier alpha value is -0.990. The van der Waals surface area contributed by atoms with E-state index in [2.05, 4.69) is 6.58 Å². The molecule has 0 aromatic heterocycles. The van der Waals surface area contributed by atoms with Gasteiger partial charge in [0.25, 0.3) is 0 Å². The maximum absolute atomic E-state index is 12.0. The Morgan fingerprint density at radius 2 is 2.06 bits per heavy atom. The van der Waals surface area contributed by atoms with E-state index in [-0.39, 0.29) is 12.1 Å². The van der Waals surface area contributed by atoms with E-state index < -0.39 is 5.60 Å². The smallest absolute Gasteiger partial charge is 0.410 e. The van der Waals surface area contributed by atoms with Crippen molar-refractivity contribution in [3.63, 3.8) is 0 Å².